The first-order valence-corrected chi connectivity index (χ1v) is 6.98. The number of nitrogens with zero attached hydrogens (tertiary/aromatic N) is 3. The molecule has 4 rings (SSSR count). The zero-order valence-electron chi connectivity index (χ0n) is 11.1. The Kier molecular flexibility index (Phi) is 2.22. The Hall–Kier alpha value is -1.84. The third kappa shape index (κ3) is 1.66. The molecule has 4 heteroatoms. The first kappa shape index (κ1) is 11.0. The second-order valence-electron chi connectivity index (χ2n) is 5.91. The van der Waals surface area contributed by atoms with Gasteiger partial charge in [-0.05, 0) is 43.2 Å². The van der Waals surface area contributed by atoms with Crippen molar-refractivity contribution in [1.82, 2.24) is 14.8 Å². The highest BCUT2D eigenvalue weighted by Crippen LogP contribution is 2.58. The molecular formula is C15H18N4. The Morgan fingerprint density at radius 1 is 1.21 bits per heavy atom. The zero-order chi connectivity index (χ0) is 13.0. The number of fused-ring (bicyclic) bond motifs is 1. The van der Waals surface area contributed by atoms with Crippen molar-refractivity contribution in [1.29, 1.82) is 0 Å². The number of rotatable bonds is 2. The van der Waals surface area contributed by atoms with E-state index in [1.807, 2.05) is 31.4 Å². The average molecular weight is 254 g/mol. The second-order valence-corrected chi connectivity index (χ2v) is 5.91. The Bertz CT molecular complexity index is 607. The summed E-state index contributed by atoms with van der Waals surface area (Å²) in [6.07, 6.45) is 5.80. The Morgan fingerprint density at radius 3 is 2.68 bits per heavy atom. The molecule has 2 aromatic heterocycles. The van der Waals surface area contributed by atoms with Crippen LogP contribution in [0.25, 0.3) is 11.3 Å². The number of pyridine rings is 1. The van der Waals surface area contributed by atoms with E-state index in [0.29, 0.717) is 5.92 Å². The monoisotopic (exact) mass is 254 g/mol. The highest BCUT2D eigenvalue weighted by Gasteiger charge is 2.47. The van der Waals surface area contributed by atoms with Crippen LogP contribution in [0, 0.1) is 11.8 Å². The van der Waals surface area contributed by atoms with Crippen LogP contribution in [0.15, 0.2) is 24.4 Å². The molecule has 19 heavy (non-hydrogen) atoms. The molecule has 0 amide bonds. The molecule has 98 valence electrons. The number of hydrogen-bond donors (Lipinski definition) is 1. The fourth-order valence-electron chi connectivity index (χ4n) is 3.56. The van der Waals surface area contributed by atoms with Crippen molar-refractivity contribution < 1.29 is 0 Å². The van der Waals surface area contributed by atoms with Crippen LogP contribution < -0.4 is 5.73 Å². The second kappa shape index (κ2) is 3.83. The molecule has 2 unspecified atom stereocenters. The van der Waals surface area contributed by atoms with Gasteiger partial charge in [0.05, 0.1) is 17.0 Å². The SMILES string of the molecule is Cn1nc(C2CC3CC3C2)c(-c2ccccn2)c1N. The molecule has 0 aliphatic heterocycles. The smallest absolute Gasteiger partial charge is 0.131 e. The number of anilines is 1. The number of nitrogens with two attached hydrogens (primary N) is 1. The maximum absolute atomic E-state index is 6.21. The normalized spacial score (nSPS) is 28.4. The van der Waals surface area contributed by atoms with Gasteiger partial charge in [-0.25, -0.2) is 0 Å². The predicted octanol–water partition coefficient (Wildman–Crippen LogP) is 2.58. The van der Waals surface area contributed by atoms with Crippen molar-refractivity contribution in [3.05, 3.63) is 30.1 Å². The molecule has 2 fully saturated rings. The molecule has 0 saturated heterocycles. The standard InChI is InChI=1S/C15H18N4/c1-19-15(16)13(12-4-2-3-5-17-12)14(18-19)11-7-9-6-10(9)8-11/h2-5,9-11H,6-8,16H2,1H3. The van der Waals surface area contributed by atoms with E-state index in [4.69, 9.17) is 5.73 Å². The highest BCUT2D eigenvalue weighted by atomic mass is 15.3. The van der Waals surface area contributed by atoms with Crippen LogP contribution >= 0.6 is 0 Å². The summed E-state index contributed by atoms with van der Waals surface area (Å²) in [5, 5.41) is 4.68. The lowest BCUT2D eigenvalue weighted by Gasteiger charge is -2.11. The summed E-state index contributed by atoms with van der Waals surface area (Å²) in [6, 6.07) is 5.96. The van der Waals surface area contributed by atoms with Crippen molar-refractivity contribution >= 4 is 5.82 Å². The number of nitrogen functional groups attached to an aromatic ring is 1. The summed E-state index contributed by atoms with van der Waals surface area (Å²) in [5.41, 5.74) is 9.37. The van der Waals surface area contributed by atoms with E-state index in [1.165, 1.54) is 19.3 Å². The summed E-state index contributed by atoms with van der Waals surface area (Å²) in [5.74, 6) is 3.20. The fourth-order valence-corrected chi connectivity index (χ4v) is 3.56. The molecule has 2 aliphatic carbocycles. The highest BCUT2D eigenvalue weighted by molar-refractivity contribution is 5.74. The van der Waals surface area contributed by atoms with Gasteiger partial charge in [0, 0.05) is 19.2 Å². The molecule has 2 saturated carbocycles. The lowest BCUT2D eigenvalue weighted by molar-refractivity contribution is 0.594. The van der Waals surface area contributed by atoms with Gasteiger partial charge in [0.1, 0.15) is 5.82 Å². The maximum Gasteiger partial charge on any atom is 0.131 e. The van der Waals surface area contributed by atoms with Gasteiger partial charge in [0.15, 0.2) is 0 Å². The topological polar surface area (TPSA) is 56.7 Å². The Morgan fingerprint density at radius 2 is 2.00 bits per heavy atom. The minimum absolute atomic E-state index is 0.573. The van der Waals surface area contributed by atoms with Gasteiger partial charge < -0.3 is 5.73 Å². The Balaban J connectivity index is 1.80. The number of aromatic nitrogens is 3. The minimum atomic E-state index is 0.573. The predicted molar refractivity (Wildman–Crippen MR) is 74.4 cm³/mol. The number of hydrogen-bond acceptors (Lipinski definition) is 3. The van der Waals surface area contributed by atoms with E-state index in [9.17, 15) is 0 Å². The first-order chi connectivity index (χ1) is 9.24. The van der Waals surface area contributed by atoms with E-state index in [-0.39, 0.29) is 0 Å². The van der Waals surface area contributed by atoms with E-state index in [1.54, 1.807) is 4.68 Å². The molecule has 2 aromatic rings. The molecular weight excluding hydrogens is 236 g/mol. The van der Waals surface area contributed by atoms with Gasteiger partial charge in [-0.2, -0.15) is 5.10 Å². The lowest BCUT2D eigenvalue weighted by Crippen LogP contribution is -2.00. The van der Waals surface area contributed by atoms with Crippen LogP contribution in [0.4, 0.5) is 5.82 Å². The van der Waals surface area contributed by atoms with E-state index in [0.717, 1.165) is 34.6 Å². The number of aryl methyl sites for hydroxylation is 1. The fraction of sp³-hybridized carbons (Fsp3) is 0.467. The molecule has 0 aromatic carbocycles. The summed E-state index contributed by atoms with van der Waals surface area (Å²) >= 11 is 0. The van der Waals surface area contributed by atoms with Crippen molar-refractivity contribution in [3.63, 3.8) is 0 Å². The largest absolute Gasteiger partial charge is 0.383 e. The third-order valence-electron chi connectivity index (χ3n) is 4.67. The molecule has 0 bridgehead atoms. The van der Waals surface area contributed by atoms with Crippen molar-refractivity contribution in [2.75, 3.05) is 5.73 Å². The quantitative estimate of drug-likeness (QED) is 0.896. The molecule has 0 spiro atoms. The zero-order valence-corrected chi connectivity index (χ0v) is 11.1. The van der Waals surface area contributed by atoms with Gasteiger partial charge in [0.2, 0.25) is 0 Å². The van der Waals surface area contributed by atoms with E-state index in [2.05, 4.69) is 10.1 Å². The first-order valence-electron chi connectivity index (χ1n) is 6.98. The van der Waals surface area contributed by atoms with Crippen molar-refractivity contribution in [2.24, 2.45) is 18.9 Å². The van der Waals surface area contributed by atoms with E-state index >= 15 is 0 Å². The van der Waals surface area contributed by atoms with Crippen LogP contribution in [-0.2, 0) is 7.05 Å². The molecule has 2 N–H and O–H groups in total. The van der Waals surface area contributed by atoms with Gasteiger partial charge in [0.25, 0.3) is 0 Å². The van der Waals surface area contributed by atoms with Gasteiger partial charge >= 0.3 is 0 Å². The Labute approximate surface area is 112 Å². The molecule has 2 heterocycles. The van der Waals surface area contributed by atoms with Crippen molar-refractivity contribution in [3.8, 4) is 11.3 Å². The minimum Gasteiger partial charge on any atom is -0.383 e. The van der Waals surface area contributed by atoms with Gasteiger partial charge in [-0.3, -0.25) is 9.67 Å². The van der Waals surface area contributed by atoms with Crippen molar-refractivity contribution in [2.45, 2.75) is 25.2 Å². The van der Waals surface area contributed by atoms with Gasteiger partial charge in [-0.1, -0.05) is 6.07 Å². The van der Waals surface area contributed by atoms with Gasteiger partial charge in [-0.15, -0.1) is 0 Å². The molecule has 2 atom stereocenters. The molecule has 2 aliphatic rings. The van der Waals surface area contributed by atoms with Crippen LogP contribution in [0.1, 0.15) is 30.9 Å². The summed E-state index contributed by atoms with van der Waals surface area (Å²) in [4.78, 5) is 4.45. The summed E-state index contributed by atoms with van der Waals surface area (Å²) in [6.45, 7) is 0. The van der Waals surface area contributed by atoms with E-state index < -0.39 is 0 Å². The lowest BCUT2D eigenvalue weighted by atomic mass is 9.95. The van der Waals surface area contributed by atoms with Crippen LogP contribution in [-0.4, -0.2) is 14.8 Å². The molecule has 0 radical (unpaired) electrons. The average Bonchev–Trinajstić information content (AvgIpc) is 2.92. The third-order valence-corrected chi connectivity index (χ3v) is 4.67. The molecule has 4 nitrogen and oxygen atoms in total. The van der Waals surface area contributed by atoms with Crippen LogP contribution in [0.2, 0.25) is 0 Å². The maximum atomic E-state index is 6.21. The van der Waals surface area contributed by atoms with Crippen LogP contribution in [0.3, 0.4) is 0 Å². The summed E-state index contributed by atoms with van der Waals surface area (Å²) < 4.78 is 1.79. The summed E-state index contributed by atoms with van der Waals surface area (Å²) in [7, 11) is 1.92. The van der Waals surface area contributed by atoms with Crippen LogP contribution in [0.5, 0.6) is 0 Å².